The van der Waals surface area contributed by atoms with Crippen LogP contribution >= 0.6 is 0 Å². The molecular formula is C19H23N3O3. The number of aromatic nitrogens is 1. The number of carbonyl (C=O) groups excluding carboxylic acids is 1. The number of carbonyl (C=O) groups is 1. The topological polar surface area (TPSA) is 63.7 Å². The highest BCUT2D eigenvalue weighted by Gasteiger charge is 2.16. The zero-order valence-electron chi connectivity index (χ0n) is 14.4. The zero-order chi connectivity index (χ0) is 17.5. The van der Waals surface area contributed by atoms with Crippen molar-refractivity contribution in [2.24, 2.45) is 0 Å². The number of methoxy groups -OCH3 is 1. The van der Waals surface area contributed by atoms with Gasteiger partial charge in [-0.05, 0) is 23.8 Å². The number of rotatable bonds is 6. The highest BCUT2D eigenvalue weighted by atomic mass is 16.5. The zero-order valence-corrected chi connectivity index (χ0v) is 14.4. The second kappa shape index (κ2) is 8.60. The van der Waals surface area contributed by atoms with E-state index in [9.17, 15) is 4.79 Å². The Morgan fingerprint density at radius 1 is 1.24 bits per heavy atom. The van der Waals surface area contributed by atoms with Gasteiger partial charge in [-0.2, -0.15) is 0 Å². The Morgan fingerprint density at radius 3 is 2.72 bits per heavy atom. The van der Waals surface area contributed by atoms with E-state index in [0.29, 0.717) is 31.9 Å². The molecule has 1 aromatic carbocycles. The first-order chi connectivity index (χ1) is 12.3. The molecule has 3 rings (SSSR count). The van der Waals surface area contributed by atoms with Crippen molar-refractivity contribution in [3.8, 4) is 0 Å². The average molecular weight is 341 g/mol. The van der Waals surface area contributed by atoms with Crippen LogP contribution in [-0.4, -0.2) is 44.3 Å². The Morgan fingerprint density at radius 2 is 2.00 bits per heavy atom. The van der Waals surface area contributed by atoms with Gasteiger partial charge in [-0.15, -0.1) is 0 Å². The molecule has 0 bridgehead atoms. The Bertz CT molecular complexity index is 697. The van der Waals surface area contributed by atoms with E-state index in [1.807, 2.05) is 36.4 Å². The first-order valence-corrected chi connectivity index (χ1v) is 8.40. The number of morpholine rings is 1. The predicted octanol–water partition coefficient (Wildman–Crippen LogP) is 1.99. The van der Waals surface area contributed by atoms with Gasteiger partial charge < -0.3 is 19.7 Å². The summed E-state index contributed by atoms with van der Waals surface area (Å²) in [4.78, 5) is 19.1. The van der Waals surface area contributed by atoms with E-state index in [-0.39, 0.29) is 5.91 Å². The molecule has 2 aromatic rings. The molecule has 1 aliphatic heterocycles. The van der Waals surface area contributed by atoms with Gasteiger partial charge >= 0.3 is 0 Å². The maximum atomic E-state index is 12.4. The molecule has 0 aliphatic carbocycles. The quantitative estimate of drug-likeness (QED) is 0.871. The van der Waals surface area contributed by atoms with Gasteiger partial charge in [0.2, 0.25) is 0 Å². The van der Waals surface area contributed by atoms with Crippen molar-refractivity contribution >= 4 is 11.7 Å². The van der Waals surface area contributed by atoms with Crippen LogP contribution in [0, 0.1) is 0 Å². The third-order valence-corrected chi connectivity index (χ3v) is 4.14. The van der Waals surface area contributed by atoms with Gasteiger partial charge in [0.25, 0.3) is 5.91 Å². The summed E-state index contributed by atoms with van der Waals surface area (Å²) in [5.41, 5.74) is 2.69. The molecule has 6 nitrogen and oxygen atoms in total. The number of hydrogen-bond acceptors (Lipinski definition) is 5. The number of pyridine rings is 1. The lowest BCUT2D eigenvalue weighted by molar-refractivity contribution is 0.0950. The molecule has 1 amide bonds. The molecule has 1 N–H and O–H groups in total. The van der Waals surface area contributed by atoms with Crippen molar-refractivity contribution in [2.45, 2.75) is 13.2 Å². The minimum atomic E-state index is -0.0965. The van der Waals surface area contributed by atoms with E-state index in [1.165, 1.54) is 0 Å². The first-order valence-electron chi connectivity index (χ1n) is 8.40. The smallest absolute Gasteiger partial charge is 0.251 e. The molecule has 1 saturated heterocycles. The van der Waals surface area contributed by atoms with Crippen LogP contribution in [0.3, 0.4) is 0 Å². The lowest BCUT2D eigenvalue weighted by Gasteiger charge is -2.29. The van der Waals surface area contributed by atoms with Crippen LogP contribution in [-0.2, 0) is 22.6 Å². The number of benzene rings is 1. The highest BCUT2D eigenvalue weighted by Crippen LogP contribution is 2.18. The lowest BCUT2D eigenvalue weighted by atomic mass is 10.1. The second-order valence-electron chi connectivity index (χ2n) is 5.90. The summed E-state index contributed by atoms with van der Waals surface area (Å²) < 4.78 is 10.5. The van der Waals surface area contributed by atoms with Gasteiger partial charge in [0.15, 0.2) is 0 Å². The van der Waals surface area contributed by atoms with E-state index in [2.05, 4.69) is 15.2 Å². The van der Waals surface area contributed by atoms with E-state index in [1.54, 1.807) is 13.3 Å². The van der Waals surface area contributed by atoms with Gasteiger partial charge in [0, 0.05) is 44.1 Å². The number of nitrogens with one attached hydrogen (secondary N) is 1. The van der Waals surface area contributed by atoms with Gasteiger partial charge in [-0.1, -0.05) is 18.2 Å². The summed E-state index contributed by atoms with van der Waals surface area (Å²) in [5.74, 6) is 0.822. The van der Waals surface area contributed by atoms with E-state index < -0.39 is 0 Å². The monoisotopic (exact) mass is 341 g/mol. The van der Waals surface area contributed by atoms with Crippen LogP contribution in [0.25, 0.3) is 0 Å². The average Bonchev–Trinajstić information content (AvgIpc) is 2.68. The molecule has 0 radical (unpaired) electrons. The molecule has 1 aromatic heterocycles. The maximum absolute atomic E-state index is 12.4. The van der Waals surface area contributed by atoms with Crippen LogP contribution in [0.2, 0.25) is 0 Å². The summed E-state index contributed by atoms with van der Waals surface area (Å²) in [6, 6.07) is 11.3. The fourth-order valence-electron chi connectivity index (χ4n) is 2.82. The summed E-state index contributed by atoms with van der Waals surface area (Å²) >= 11 is 0. The molecule has 2 heterocycles. The Hall–Kier alpha value is -2.44. The molecule has 25 heavy (non-hydrogen) atoms. The maximum Gasteiger partial charge on any atom is 0.251 e. The van der Waals surface area contributed by atoms with Crippen LogP contribution in [0.5, 0.6) is 0 Å². The fourth-order valence-corrected chi connectivity index (χ4v) is 2.82. The number of anilines is 1. The third kappa shape index (κ3) is 4.55. The SMILES string of the molecule is COCc1ccc(C(=O)NCc2cccnc2N2CCOCC2)cc1. The van der Waals surface area contributed by atoms with Crippen LogP contribution < -0.4 is 10.2 Å². The summed E-state index contributed by atoms with van der Waals surface area (Å²) in [5, 5.41) is 2.98. The standard InChI is InChI=1S/C19H23N3O3/c1-24-14-15-4-6-16(7-5-15)19(23)21-13-17-3-2-8-20-18(17)22-9-11-25-12-10-22/h2-8H,9-14H2,1H3,(H,21,23). The molecule has 0 saturated carbocycles. The van der Waals surface area contributed by atoms with Crippen molar-refractivity contribution in [2.75, 3.05) is 38.3 Å². The van der Waals surface area contributed by atoms with Crippen molar-refractivity contribution in [1.82, 2.24) is 10.3 Å². The minimum Gasteiger partial charge on any atom is -0.380 e. The summed E-state index contributed by atoms with van der Waals surface area (Å²) in [7, 11) is 1.65. The van der Waals surface area contributed by atoms with Gasteiger partial charge in [0.05, 0.1) is 19.8 Å². The molecule has 1 fully saturated rings. The third-order valence-electron chi connectivity index (χ3n) is 4.14. The molecule has 0 atom stereocenters. The molecule has 1 aliphatic rings. The largest absolute Gasteiger partial charge is 0.380 e. The highest BCUT2D eigenvalue weighted by molar-refractivity contribution is 5.94. The molecular weight excluding hydrogens is 318 g/mol. The first kappa shape index (κ1) is 17.4. The van der Waals surface area contributed by atoms with Gasteiger partial charge in [0.1, 0.15) is 5.82 Å². The van der Waals surface area contributed by atoms with Crippen LogP contribution in [0.4, 0.5) is 5.82 Å². The number of ether oxygens (including phenoxy) is 2. The summed E-state index contributed by atoms with van der Waals surface area (Å²) in [6.45, 7) is 4.03. The fraction of sp³-hybridized carbons (Fsp3) is 0.368. The van der Waals surface area contributed by atoms with Crippen LogP contribution in [0.15, 0.2) is 42.6 Å². The second-order valence-corrected chi connectivity index (χ2v) is 5.90. The Balaban J connectivity index is 1.64. The number of hydrogen-bond donors (Lipinski definition) is 1. The lowest BCUT2D eigenvalue weighted by Crippen LogP contribution is -2.37. The van der Waals surface area contributed by atoms with Crippen molar-refractivity contribution in [3.05, 3.63) is 59.3 Å². The molecule has 0 spiro atoms. The van der Waals surface area contributed by atoms with Crippen molar-refractivity contribution in [3.63, 3.8) is 0 Å². The van der Waals surface area contributed by atoms with Gasteiger partial charge in [-0.25, -0.2) is 4.98 Å². The Kier molecular flexibility index (Phi) is 5.98. The van der Waals surface area contributed by atoms with Crippen LogP contribution in [0.1, 0.15) is 21.5 Å². The molecule has 0 unspecified atom stereocenters. The Labute approximate surface area is 147 Å². The molecule has 6 heteroatoms. The number of amides is 1. The van der Waals surface area contributed by atoms with Crippen molar-refractivity contribution < 1.29 is 14.3 Å². The molecule has 132 valence electrons. The predicted molar refractivity (Wildman–Crippen MR) is 95.6 cm³/mol. The summed E-state index contributed by atoms with van der Waals surface area (Å²) in [6.07, 6.45) is 1.78. The van der Waals surface area contributed by atoms with Crippen molar-refractivity contribution in [1.29, 1.82) is 0 Å². The minimum absolute atomic E-state index is 0.0965. The number of nitrogens with zero attached hydrogens (tertiary/aromatic N) is 2. The van der Waals surface area contributed by atoms with E-state index >= 15 is 0 Å². The van der Waals surface area contributed by atoms with E-state index in [4.69, 9.17) is 9.47 Å². The normalized spacial score (nSPS) is 14.4. The van der Waals surface area contributed by atoms with E-state index in [0.717, 1.165) is 30.0 Å². The van der Waals surface area contributed by atoms with Gasteiger partial charge in [-0.3, -0.25) is 4.79 Å².